The maximum Gasteiger partial charge on any atom is 0.416 e. The SMILES string of the molecule is CCOC(=O)C1(NC(=O)NNS(=O)(=O)c2cccc(C(F)(F)F)c2)CC1(C)C. The first-order valence-corrected chi connectivity index (χ1v) is 9.68. The van der Waals surface area contributed by atoms with Crippen LogP contribution in [0.2, 0.25) is 0 Å². The second-order valence-electron chi connectivity index (χ2n) is 6.90. The molecule has 1 atom stereocenters. The minimum absolute atomic E-state index is 0.0993. The van der Waals surface area contributed by atoms with Gasteiger partial charge in [0.15, 0.2) is 0 Å². The molecule has 1 saturated carbocycles. The van der Waals surface area contributed by atoms with E-state index in [1.54, 1.807) is 25.6 Å². The molecule has 12 heteroatoms. The van der Waals surface area contributed by atoms with E-state index in [1.165, 1.54) is 0 Å². The van der Waals surface area contributed by atoms with Gasteiger partial charge in [-0.1, -0.05) is 19.9 Å². The molecule has 1 aromatic rings. The number of nitrogens with one attached hydrogen (secondary N) is 3. The fourth-order valence-corrected chi connectivity index (χ4v) is 3.61. The number of alkyl halides is 3. The van der Waals surface area contributed by atoms with Crippen molar-refractivity contribution in [2.45, 2.75) is 43.8 Å². The Labute approximate surface area is 159 Å². The lowest BCUT2D eigenvalue weighted by Crippen LogP contribution is -2.55. The Hall–Kier alpha value is -2.34. The van der Waals surface area contributed by atoms with E-state index in [-0.39, 0.29) is 13.0 Å². The molecule has 28 heavy (non-hydrogen) atoms. The van der Waals surface area contributed by atoms with Gasteiger partial charge in [0.05, 0.1) is 17.1 Å². The van der Waals surface area contributed by atoms with Crippen LogP contribution in [0.4, 0.5) is 18.0 Å². The third-order valence-electron chi connectivity index (χ3n) is 4.46. The number of ether oxygens (including phenoxy) is 1. The van der Waals surface area contributed by atoms with Crippen molar-refractivity contribution < 1.29 is 35.9 Å². The van der Waals surface area contributed by atoms with E-state index in [2.05, 4.69) is 5.32 Å². The summed E-state index contributed by atoms with van der Waals surface area (Å²) in [6.45, 7) is 5.14. The Morgan fingerprint density at radius 3 is 2.36 bits per heavy atom. The molecule has 0 aromatic heterocycles. The quantitative estimate of drug-likeness (QED) is 0.478. The number of urea groups is 1. The molecule has 1 aliphatic rings. The lowest BCUT2D eigenvalue weighted by molar-refractivity contribution is -0.147. The van der Waals surface area contributed by atoms with Crippen LogP contribution >= 0.6 is 0 Å². The number of amides is 2. The third kappa shape index (κ3) is 4.38. The van der Waals surface area contributed by atoms with E-state index in [0.29, 0.717) is 6.07 Å². The number of sulfonamides is 1. The summed E-state index contributed by atoms with van der Waals surface area (Å²) in [5, 5.41) is 2.37. The van der Waals surface area contributed by atoms with Gasteiger partial charge in [-0.3, -0.25) is 5.43 Å². The maximum atomic E-state index is 12.7. The molecule has 1 fully saturated rings. The zero-order valence-corrected chi connectivity index (χ0v) is 16.1. The Morgan fingerprint density at radius 1 is 1.25 bits per heavy atom. The first-order valence-electron chi connectivity index (χ1n) is 8.20. The smallest absolute Gasteiger partial charge is 0.416 e. The summed E-state index contributed by atoms with van der Waals surface area (Å²) < 4.78 is 67.4. The van der Waals surface area contributed by atoms with Crippen LogP contribution in [0.15, 0.2) is 29.2 Å². The van der Waals surface area contributed by atoms with E-state index in [0.717, 1.165) is 18.2 Å². The van der Waals surface area contributed by atoms with Crippen molar-refractivity contribution in [3.63, 3.8) is 0 Å². The van der Waals surface area contributed by atoms with E-state index in [9.17, 15) is 31.2 Å². The Balaban J connectivity index is 2.07. The molecule has 1 aromatic carbocycles. The number of hydrazine groups is 1. The molecule has 3 N–H and O–H groups in total. The molecule has 1 aliphatic carbocycles. The van der Waals surface area contributed by atoms with E-state index in [4.69, 9.17) is 4.74 Å². The van der Waals surface area contributed by atoms with Gasteiger partial charge < -0.3 is 10.1 Å². The summed E-state index contributed by atoms with van der Waals surface area (Å²) in [5.74, 6) is -0.657. The molecule has 2 rings (SSSR count). The predicted octanol–water partition coefficient (Wildman–Crippen LogP) is 1.93. The monoisotopic (exact) mass is 423 g/mol. The zero-order valence-electron chi connectivity index (χ0n) is 15.3. The van der Waals surface area contributed by atoms with Gasteiger partial charge in [0.2, 0.25) is 0 Å². The molecule has 0 bridgehead atoms. The van der Waals surface area contributed by atoms with Gasteiger partial charge in [0.1, 0.15) is 5.54 Å². The lowest BCUT2D eigenvalue weighted by Gasteiger charge is -2.20. The van der Waals surface area contributed by atoms with Crippen LogP contribution in [0, 0.1) is 5.41 Å². The largest absolute Gasteiger partial charge is 0.464 e. The summed E-state index contributed by atoms with van der Waals surface area (Å²) >= 11 is 0. The molecule has 8 nitrogen and oxygen atoms in total. The Morgan fingerprint density at radius 2 is 1.86 bits per heavy atom. The number of rotatable bonds is 6. The number of carbonyl (C=O) groups is 2. The normalized spacial score (nSPS) is 20.9. The second kappa shape index (κ2) is 7.24. The molecular weight excluding hydrogens is 403 g/mol. The van der Waals surface area contributed by atoms with Crippen LogP contribution < -0.4 is 15.6 Å². The average Bonchev–Trinajstić information content (AvgIpc) is 3.14. The van der Waals surface area contributed by atoms with Crippen molar-refractivity contribution in [2.24, 2.45) is 5.41 Å². The number of carbonyl (C=O) groups excluding carboxylic acids is 2. The second-order valence-corrected chi connectivity index (χ2v) is 8.58. The molecule has 156 valence electrons. The van der Waals surface area contributed by atoms with Crippen LogP contribution in [-0.2, 0) is 25.7 Å². The summed E-state index contributed by atoms with van der Waals surface area (Å²) in [6, 6.07) is 1.99. The molecule has 0 aliphatic heterocycles. The van der Waals surface area contributed by atoms with Gasteiger partial charge in [0.25, 0.3) is 10.0 Å². The molecule has 0 radical (unpaired) electrons. The van der Waals surface area contributed by atoms with Crippen LogP contribution in [0.1, 0.15) is 32.8 Å². The minimum Gasteiger partial charge on any atom is -0.464 e. The minimum atomic E-state index is -4.72. The van der Waals surface area contributed by atoms with Crippen molar-refractivity contribution in [3.8, 4) is 0 Å². The summed E-state index contributed by atoms with van der Waals surface area (Å²) in [4.78, 5) is 25.2. The molecule has 0 heterocycles. The van der Waals surface area contributed by atoms with Gasteiger partial charge in [-0.25, -0.2) is 18.0 Å². The first-order chi connectivity index (χ1) is 12.7. The lowest BCUT2D eigenvalue weighted by atomic mass is 10.1. The molecule has 2 amide bonds. The van der Waals surface area contributed by atoms with Gasteiger partial charge in [0, 0.05) is 5.41 Å². The van der Waals surface area contributed by atoms with Crippen molar-refractivity contribution in [3.05, 3.63) is 29.8 Å². The Bertz CT molecular complexity index is 886. The number of hydrogen-bond donors (Lipinski definition) is 3. The number of benzene rings is 1. The fraction of sp³-hybridized carbons (Fsp3) is 0.500. The predicted molar refractivity (Wildman–Crippen MR) is 91.2 cm³/mol. The van der Waals surface area contributed by atoms with Crippen LogP contribution in [0.3, 0.4) is 0 Å². The van der Waals surface area contributed by atoms with E-state index in [1.807, 2.05) is 5.43 Å². The standard InChI is InChI=1S/C16H20F3N3O5S/c1-4-27-12(23)15(9-14(15,2)3)20-13(24)21-22-28(25,26)11-7-5-6-10(8-11)16(17,18)19/h5-8,22H,4,9H2,1-3H3,(H2,20,21,24). The average molecular weight is 423 g/mol. The number of esters is 1. The Kier molecular flexibility index (Phi) is 5.68. The zero-order chi connectivity index (χ0) is 21.4. The highest BCUT2D eigenvalue weighted by atomic mass is 32.2. The number of halogens is 3. The van der Waals surface area contributed by atoms with E-state index >= 15 is 0 Å². The van der Waals surface area contributed by atoms with Crippen molar-refractivity contribution in [1.29, 1.82) is 0 Å². The van der Waals surface area contributed by atoms with Crippen LogP contribution in [0.5, 0.6) is 0 Å². The summed E-state index contributed by atoms with van der Waals surface area (Å²) in [7, 11) is -4.47. The maximum absolute atomic E-state index is 12.7. The molecule has 0 saturated heterocycles. The van der Waals surface area contributed by atoms with Crippen molar-refractivity contribution >= 4 is 22.0 Å². The molecule has 1 unspecified atom stereocenters. The van der Waals surface area contributed by atoms with Crippen molar-refractivity contribution in [1.82, 2.24) is 15.6 Å². The first kappa shape index (κ1) is 22.0. The topological polar surface area (TPSA) is 114 Å². The van der Waals surface area contributed by atoms with Gasteiger partial charge in [-0.2, -0.15) is 13.2 Å². The van der Waals surface area contributed by atoms with E-state index < -0.39 is 49.6 Å². The fourth-order valence-electron chi connectivity index (χ4n) is 2.72. The highest BCUT2D eigenvalue weighted by molar-refractivity contribution is 7.89. The highest BCUT2D eigenvalue weighted by Crippen LogP contribution is 2.56. The van der Waals surface area contributed by atoms with Gasteiger partial charge in [-0.15, -0.1) is 4.83 Å². The van der Waals surface area contributed by atoms with Gasteiger partial charge in [-0.05, 0) is 31.5 Å². The number of hydrogen-bond acceptors (Lipinski definition) is 5. The highest BCUT2D eigenvalue weighted by Gasteiger charge is 2.68. The van der Waals surface area contributed by atoms with Gasteiger partial charge >= 0.3 is 18.2 Å². The van der Waals surface area contributed by atoms with Crippen LogP contribution in [0.25, 0.3) is 0 Å². The molecular formula is C16H20F3N3O5S. The molecule has 0 spiro atoms. The summed E-state index contributed by atoms with van der Waals surface area (Å²) in [6.07, 6.45) is -4.44. The third-order valence-corrected chi connectivity index (χ3v) is 5.70. The summed E-state index contributed by atoms with van der Waals surface area (Å²) in [5.41, 5.74) is -1.23. The van der Waals surface area contributed by atoms with Crippen LogP contribution in [-0.4, -0.2) is 32.6 Å². The van der Waals surface area contributed by atoms with Crippen molar-refractivity contribution in [2.75, 3.05) is 6.61 Å².